The average Bonchev–Trinajstić information content (AvgIpc) is 1.99. The topological polar surface area (TPSA) is 0 Å². The molecule has 60 valence electrons. The molecule has 0 spiro atoms. The van der Waals surface area contributed by atoms with Gasteiger partial charge in [-0.05, 0) is 24.1 Å². The highest BCUT2D eigenvalue weighted by Gasteiger charge is 2.05. The Bertz CT molecular complexity index is 248. The summed E-state index contributed by atoms with van der Waals surface area (Å²) in [6, 6.07) is 2.89. The van der Waals surface area contributed by atoms with E-state index in [4.69, 9.17) is 0 Å². The molecule has 0 bridgehead atoms. The molecule has 0 nitrogen and oxygen atoms in total. The summed E-state index contributed by atoms with van der Waals surface area (Å²) >= 11 is 2.11. The zero-order chi connectivity index (χ0) is 8.43. The molecule has 0 aromatic heterocycles. The molecule has 0 N–H and O–H groups in total. The maximum Gasteiger partial charge on any atom is 0.161 e. The summed E-state index contributed by atoms with van der Waals surface area (Å²) in [5, 5.41) is 0. The van der Waals surface area contributed by atoms with Crippen LogP contribution in [0.15, 0.2) is 12.1 Å². The lowest BCUT2D eigenvalue weighted by Crippen LogP contribution is -1.91. The zero-order valence-corrected chi connectivity index (χ0v) is 8.15. The molecule has 1 rings (SSSR count). The Morgan fingerprint density at radius 2 is 2.00 bits per heavy atom. The largest absolute Gasteiger partial charge is 0.204 e. The number of hydrogen-bond donors (Lipinski definition) is 0. The average molecular weight is 268 g/mol. The van der Waals surface area contributed by atoms with E-state index in [2.05, 4.69) is 22.6 Å². The van der Waals surface area contributed by atoms with E-state index < -0.39 is 11.6 Å². The van der Waals surface area contributed by atoms with Crippen molar-refractivity contribution in [3.05, 3.63) is 34.9 Å². The molecule has 0 fully saturated rings. The summed E-state index contributed by atoms with van der Waals surface area (Å²) in [4.78, 5) is 0. The van der Waals surface area contributed by atoms with E-state index in [1.165, 1.54) is 6.07 Å². The van der Waals surface area contributed by atoms with E-state index in [0.29, 0.717) is 9.99 Å². The first-order chi connectivity index (χ1) is 5.15. The maximum atomic E-state index is 12.7. The van der Waals surface area contributed by atoms with Crippen molar-refractivity contribution < 1.29 is 8.78 Å². The van der Waals surface area contributed by atoms with Crippen molar-refractivity contribution >= 4 is 22.6 Å². The Labute approximate surface area is 77.8 Å². The second kappa shape index (κ2) is 3.47. The quantitative estimate of drug-likeness (QED) is 0.542. The summed E-state index contributed by atoms with van der Waals surface area (Å²) in [7, 11) is 0. The molecule has 0 unspecified atom stereocenters. The summed E-state index contributed by atoms with van der Waals surface area (Å²) < 4.78 is 26.0. The molecule has 11 heavy (non-hydrogen) atoms. The molecule has 1 aromatic carbocycles. The van der Waals surface area contributed by atoms with Crippen molar-refractivity contribution in [3.8, 4) is 0 Å². The van der Waals surface area contributed by atoms with Crippen molar-refractivity contribution in [2.75, 3.05) is 0 Å². The van der Waals surface area contributed by atoms with Crippen molar-refractivity contribution in [2.24, 2.45) is 0 Å². The molecule has 0 aliphatic heterocycles. The molecule has 0 saturated heterocycles. The van der Waals surface area contributed by atoms with Crippen molar-refractivity contribution in [3.63, 3.8) is 0 Å². The lowest BCUT2D eigenvalue weighted by molar-refractivity contribution is 0.502. The molecule has 0 amide bonds. The van der Waals surface area contributed by atoms with Crippen LogP contribution in [0, 0.1) is 18.6 Å². The molecular weight excluding hydrogens is 261 g/mol. The van der Waals surface area contributed by atoms with Crippen molar-refractivity contribution in [1.29, 1.82) is 0 Å². The van der Waals surface area contributed by atoms with E-state index in [-0.39, 0.29) is 0 Å². The van der Waals surface area contributed by atoms with Crippen LogP contribution in [0.1, 0.15) is 11.1 Å². The van der Waals surface area contributed by atoms with Crippen LogP contribution < -0.4 is 0 Å². The minimum Gasteiger partial charge on any atom is -0.204 e. The first kappa shape index (κ1) is 8.90. The second-order valence-corrected chi connectivity index (χ2v) is 3.10. The van der Waals surface area contributed by atoms with Crippen LogP contribution >= 0.6 is 22.6 Å². The van der Waals surface area contributed by atoms with E-state index in [1.54, 1.807) is 13.0 Å². The van der Waals surface area contributed by atoms with Gasteiger partial charge >= 0.3 is 0 Å². The SMILES string of the molecule is Cc1cc(CI)cc(F)c1F. The highest BCUT2D eigenvalue weighted by molar-refractivity contribution is 14.1. The highest BCUT2D eigenvalue weighted by Crippen LogP contribution is 2.15. The smallest absolute Gasteiger partial charge is 0.161 e. The van der Waals surface area contributed by atoms with Gasteiger partial charge in [0.1, 0.15) is 0 Å². The molecule has 3 heteroatoms. The van der Waals surface area contributed by atoms with Gasteiger partial charge in [0, 0.05) is 4.43 Å². The van der Waals surface area contributed by atoms with Crippen LogP contribution in [-0.4, -0.2) is 0 Å². The van der Waals surface area contributed by atoms with Gasteiger partial charge < -0.3 is 0 Å². The fourth-order valence-electron chi connectivity index (χ4n) is 0.875. The van der Waals surface area contributed by atoms with Crippen LogP contribution in [0.25, 0.3) is 0 Å². The summed E-state index contributed by atoms with van der Waals surface area (Å²) in [5.74, 6) is -1.49. The van der Waals surface area contributed by atoms with Crippen LogP contribution in [-0.2, 0) is 4.43 Å². The Morgan fingerprint density at radius 3 is 2.45 bits per heavy atom. The Kier molecular flexibility index (Phi) is 2.81. The molecule has 0 aliphatic rings. The predicted octanol–water partition coefficient (Wildman–Crippen LogP) is 3.21. The van der Waals surface area contributed by atoms with E-state index >= 15 is 0 Å². The van der Waals surface area contributed by atoms with E-state index in [0.717, 1.165) is 5.56 Å². The second-order valence-electron chi connectivity index (χ2n) is 2.34. The maximum absolute atomic E-state index is 12.7. The third-order valence-electron chi connectivity index (χ3n) is 1.42. The van der Waals surface area contributed by atoms with Gasteiger partial charge in [-0.15, -0.1) is 0 Å². The molecule has 0 saturated carbocycles. The summed E-state index contributed by atoms with van der Waals surface area (Å²) in [5.41, 5.74) is 1.19. The molecule has 0 atom stereocenters. The minimum absolute atomic E-state index is 0.372. The Morgan fingerprint density at radius 1 is 1.36 bits per heavy atom. The minimum atomic E-state index is -0.753. The van der Waals surface area contributed by atoms with Gasteiger partial charge in [0.2, 0.25) is 0 Å². The van der Waals surface area contributed by atoms with Gasteiger partial charge in [0.25, 0.3) is 0 Å². The van der Waals surface area contributed by atoms with Crippen LogP contribution in [0.5, 0.6) is 0 Å². The molecular formula is C8H7F2I. The molecule has 0 aliphatic carbocycles. The lowest BCUT2D eigenvalue weighted by Gasteiger charge is -2.00. The molecule has 0 radical (unpaired) electrons. The van der Waals surface area contributed by atoms with Crippen molar-refractivity contribution in [1.82, 2.24) is 0 Å². The molecule has 1 aromatic rings. The fourth-order valence-corrected chi connectivity index (χ4v) is 1.32. The lowest BCUT2D eigenvalue weighted by atomic mass is 10.1. The first-order valence-corrected chi connectivity index (χ1v) is 4.68. The van der Waals surface area contributed by atoms with Gasteiger partial charge in [-0.3, -0.25) is 0 Å². The fraction of sp³-hybridized carbons (Fsp3) is 0.250. The van der Waals surface area contributed by atoms with Crippen LogP contribution in [0.4, 0.5) is 8.78 Å². The summed E-state index contributed by atoms with van der Waals surface area (Å²) in [6.45, 7) is 1.56. The van der Waals surface area contributed by atoms with Crippen LogP contribution in [0.3, 0.4) is 0 Å². The van der Waals surface area contributed by atoms with Gasteiger partial charge in [0.05, 0.1) is 0 Å². The normalized spacial score (nSPS) is 10.2. The number of rotatable bonds is 1. The van der Waals surface area contributed by atoms with Gasteiger partial charge in [-0.2, -0.15) is 0 Å². The number of alkyl halides is 1. The van der Waals surface area contributed by atoms with Gasteiger partial charge in [0.15, 0.2) is 11.6 Å². The number of aryl methyl sites for hydroxylation is 1. The van der Waals surface area contributed by atoms with E-state index in [9.17, 15) is 8.78 Å². The van der Waals surface area contributed by atoms with Gasteiger partial charge in [-0.1, -0.05) is 28.7 Å². The third kappa shape index (κ3) is 1.89. The van der Waals surface area contributed by atoms with E-state index in [1.807, 2.05) is 0 Å². The monoisotopic (exact) mass is 268 g/mol. The molecule has 0 heterocycles. The zero-order valence-electron chi connectivity index (χ0n) is 6.00. The number of halogens is 3. The number of hydrogen-bond acceptors (Lipinski definition) is 0. The number of benzene rings is 1. The Hall–Kier alpha value is -0.190. The van der Waals surface area contributed by atoms with Gasteiger partial charge in [-0.25, -0.2) is 8.78 Å². The predicted molar refractivity (Wildman–Crippen MR) is 48.8 cm³/mol. The highest BCUT2D eigenvalue weighted by atomic mass is 127. The first-order valence-electron chi connectivity index (χ1n) is 3.15. The summed E-state index contributed by atoms with van der Waals surface area (Å²) in [6.07, 6.45) is 0. The Balaban J connectivity index is 3.21. The third-order valence-corrected chi connectivity index (χ3v) is 2.31. The standard InChI is InChI=1S/C8H7F2I/c1-5-2-6(4-11)3-7(9)8(5)10/h2-3H,4H2,1H3. The van der Waals surface area contributed by atoms with Crippen molar-refractivity contribution in [2.45, 2.75) is 11.4 Å². The van der Waals surface area contributed by atoms with Crippen LogP contribution in [0.2, 0.25) is 0 Å².